The maximum atomic E-state index is 5.56. The van der Waals surface area contributed by atoms with Crippen LogP contribution in [0.1, 0.15) is 18.9 Å². The van der Waals surface area contributed by atoms with Gasteiger partial charge in [0.15, 0.2) is 17.2 Å². The van der Waals surface area contributed by atoms with Crippen molar-refractivity contribution in [2.45, 2.75) is 18.9 Å². The first-order valence-electron chi connectivity index (χ1n) is 6.88. The van der Waals surface area contributed by atoms with Gasteiger partial charge in [-0.25, -0.2) is 9.97 Å². The van der Waals surface area contributed by atoms with Crippen LogP contribution in [0, 0.1) is 0 Å². The Bertz CT molecular complexity index is 714. The van der Waals surface area contributed by atoms with Crippen LogP contribution in [0.3, 0.4) is 0 Å². The second kappa shape index (κ2) is 4.98. The molecular formula is C15H15N3OS. The summed E-state index contributed by atoms with van der Waals surface area (Å²) in [6, 6.07) is 8.27. The first-order chi connectivity index (χ1) is 9.93. The molecule has 0 amide bonds. The van der Waals surface area contributed by atoms with Crippen molar-refractivity contribution in [3.05, 3.63) is 36.7 Å². The van der Waals surface area contributed by atoms with Crippen molar-refractivity contribution in [2.75, 3.05) is 11.5 Å². The number of fused-ring (bicyclic) bond motifs is 1. The highest BCUT2D eigenvalue weighted by molar-refractivity contribution is 7.99. The lowest BCUT2D eigenvalue weighted by Crippen LogP contribution is -2.17. The highest BCUT2D eigenvalue weighted by Crippen LogP contribution is 2.34. The molecule has 20 heavy (non-hydrogen) atoms. The van der Waals surface area contributed by atoms with E-state index in [2.05, 4.69) is 9.55 Å². The van der Waals surface area contributed by atoms with Crippen molar-refractivity contribution in [1.82, 2.24) is 14.5 Å². The summed E-state index contributed by atoms with van der Waals surface area (Å²) in [7, 11) is 0. The number of thioether (sulfide) groups is 1. The zero-order chi connectivity index (χ0) is 13.4. The summed E-state index contributed by atoms with van der Waals surface area (Å²) in [6.45, 7) is 0. The molecule has 0 saturated carbocycles. The van der Waals surface area contributed by atoms with Crippen molar-refractivity contribution in [3.63, 3.8) is 0 Å². The molecular weight excluding hydrogens is 270 g/mol. The minimum Gasteiger partial charge on any atom is -0.461 e. The number of aromatic nitrogens is 3. The van der Waals surface area contributed by atoms with E-state index in [0.717, 1.165) is 28.5 Å². The minimum absolute atomic E-state index is 0.453. The summed E-state index contributed by atoms with van der Waals surface area (Å²) in [5.74, 6) is 4.09. The normalized spacial score (nSPS) is 19.5. The van der Waals surface area contributed by atoms with Crippen molar-refractivity contribution in [1.29, 1.82) is 0 Å². The second-order valence-electron chi connectivity index (χ2n) is 5.00. The quantitative estimate of drug-likeness (QED) is 0.719. The van der Waals surface area contributed by atoms with Crippen LogP contribution in [0.4, 0.5) is 0 Å². The number of rotatable bonds is 2. The topological polar surface area (TPSA) is 43.9 Å². The Morgan fingerprint density at radius 3 is 3.10 bits per heavy atom. The summed E-state index contributed by atoms with van der Waals surface area (Å²) in [4.78, 5) is 9.26. The Balaban J connectivity index is 1.93. The van der Waals surface area contributed by atoms with Gasteiger partial charge in [0, 0.05) is 18.0 Å². The van der Waals surface area contributed by atoms with E-state index >= 15 is 0 Å². The van der Waals surface area contributed by atoms with Gasteiger partial charge in [-0.05, 0) is 42.9 Å². The molecule has 1 atom stereocenters. The summed E-state index contributed by atoms with van der Waals surface area (Å²) in [6.07, 6.45) is 5.96. The van der Waals surface area contributed by atoms with Gasteiger partial charge >= 0.3 is 0 Å². The fraction of sp³-hybridized carbons (Fsp3) is 0.333. The molecule has 4 nitrogen and oxygen atoms in total. The van der Waals surface area contributed by atoms with E-state index in [1.54, 1.807) is 6.26 Å². The standard InChI is InChI=1S/C15H15N3OS/c1-5-12-14(16-7-1)18(11-4-3-9-20-10-11)15(17-12)13-6-2-8-19-13/h1-2,5-8,11H,3-4,9-10H2. The average molecular weight is 285 g/mol. The van der Waals surface area contributed by atoms with Crippen molar-refractivity contribution in [3.8, 4) is 11.6 Å². The minimum atomic E-state index is 0.453. The highest BCUT2D eigenvalue weighted by Gasteiger charge is 2.24. The van der Waals surface area contributed by atoms with Gasteiger partial charge in [0.2, 0.25) is 0 Å². The predicted molar refractivity (Wildman–Crippen MR) is 80.8 cm³/mol. The van der Waals surface area contributed by atoms with E-state index in [0.29, 0.717) is 6.04 Å². The molecule has 3 aromatic heterocycles. The molecule has 0 radical (unpaired) electrons. The maximum Gasteiger partial charge on any atom is 0.178 e. The summed E-state index contributed by atoms with van der Waals surface area (Å²) in [5.41, 5.74) is 1.90. The molecule has 0 spiro atoms. The number of hydrogen-bond donors (Lipinski definition) is 0. The van der Waals surface area contributed by atoms with Crippen LogP contribution in [-0.4, -0.2) is 26.0 Å². The van der Waals surface area contributed by atoms with Crippen LogP contribution in [0.5, 0.6) is 0 Å². The molecule has 0 aliphatic carbocycles. The first-order valence-corrected chi connectivity index (χ1v) is 8.03. The van der Waals surface area contributed by atoms with Crippen LogP contribution < -0.4 is 0 Å². The van der Waals surface area contributed by atoms with Gasteiger partial charge in [-0.1, -0.05) is 0 Å². The Morgan fingerprint density at radius 2 is 2.30 bits per heavy atom. The molecule has 1 aliphatic rings. The molecule has 1 aliphatic heterocycles. The summed E-state index contributed by atoms with van der Waals surface area (Å²) < 4.78 is 7.83. The lowest BCUT2D eigenvalue weighted by Gasteiger charge is -2.24. The third-order valence-corrected chi connectivity index (χ3v) is 4.89. The average Bonchev–Trinajstić information content (AvgIpc) is 3.15. The molecule has 4 rings (SSSR count). The molecule has 1 fully saturated rings. The molecule has 3 aromatic rings. The van der Waals surface area contributed by atoms with Gasteiger partial charge in [0.1, 0.15) is 5.52 Å². The predicted octanol–water partition coefficient (Wildman–Crippen LogP) is 3.76. The number of furan rings is 1. The number of nitrogens with zero attached hydrogens (tertiary/aromatic N) is 3. The van der Waals surface area contributed by atoms with Crippen LogP contribution in [0.25, 0.3) is 22.7 Å². The molecule has 0 aromatic carbocycles. The van der Waals surface area contributed by atoms with Crippen LogP contribution in [0.2, 0.25) is 0 Å². The van der Waals surface area contributed by atoms with Gasteiger partial charge in [-0.3, -0.25) is 0 Å². The molecule has 102 valence electrons. The monoisotopic (exact) mass is 285 g/mol. The zero-order valence-corrected chi connectivity index (χ0v) is 11.8. The molecule has 5 heteroatoms. The third kappa shape index (κ3) is 1.93. The van der Waals surface area contributed by atoms with E-state index in [-0.39, 0.29) is 0 Å². The van der Waals surface area contributed by atoms with Crippen molar-refractivity contribution in [2.24, 2.45) is 0 Å². The van der Waals surface area contributed by atoms with Gasteiger partial charge in [0.05, 0.1) is 6.26 Å². The third-order valence-electron chi connectivity index (χ3n) is 3.69. The van der Waals surface area contributed by atoms with Gasteiger partial charge in [0.25, 0.3) is 0 Å². The molecule has 1 unspecified atom stereocenters. The van der Waals surface area contributed by atoms with Gasteiger partial charge in [-0.2, -0.15) is 11.8 Å². The van der Waals surface area contributed by atoms with Crippen LogP contribution in [-0.2, 0) is 0 Å². The Hall–Kier alpha value is -1.75. The number of pyridine rings is 1. The Morgan fingerprint density at radius 1 is 1.30 bits per heavy atom. The second-order valence-corrected chi connectivity index (χ2v) is 6.15. The molecule has 0 bridgehead atoms. The summed E-state index contributed by atoms with van der Waals surface area (Å²) >= 11 is 2.01. The maximum absolute atomic E-state index is 5.56. The van der Waals surface area contributed by atoms with Crippen molar-refractivity contribution < 1.29 is 4.42 Å². The molecule has 4 heterocycles. The first kappa shape index (κ1) is 12.0. The fourth-order valence-corrected chi connectivity index (χ4v) is 3.91. The smallest absolute Gasteiger partial charge is 0.178 e. The fourth-order valence-electron chi connectivity index (χ4n) is 2.78. The molecule has 0 N–H and O–H groups in total. The SMILES string of the molecule is c1coc(-c2nc3cccnc3n2C2CCCSC2)c1. The highest BCUT2D eigenvalue weighted by atomic mass is 32.2. The van der Waals surface area contributed by atoms with Gasteiger partial charge in [-0.15, -0.1) is 0 Å². The number of imidazole rings is 1. The van der Waals surface area contributed by atoms with E-state index in [1.165, 1.54) is 18.6 Å². The van der Waals surface area contributed by atoms with E-state index < -0.39 is 0 Å². The van der Waals surface area contributed by atoms with E-state index in [9.17, 15) is 0 Å². The van der Waals surface area contributed by atoms with E-state index in [1.807, 2.05) is 42.2 Å². The lowest BCUT2D eigenvalue weighted by atomic mass is 10.2. The van der Waals surface area contributed by atoms with Crippen LogP contribution in [0.15, 0.2) is 41.1 Å². The lowest BCUT2D eigenvalue weighted by molar-refractivity contribution is 0.501. The van der Waals surface area contributed by atoms with E-state index in [4.69, 9.17) is 9.40 Å². The summed E-state index contributed by atoms with van der Waals surface area (Å²) in [5, 5.41) is 0. The molecule has 1 saturated heterocycles. The Kier molecular flexibility index (Phi) is 2.99. The number of hydrogen-bond acceptors (Lipinski definition) is 4. The van der Waals surface area contributed by atoms with Crippen LogP contribution >= 0.6 is 11.8 Å². The van der Waals surface area contributed by atoms with Crippen molar-refractivity contribution >= 4 is 22.9 Å². The van der Waals surface area contributed by atoms with Gasteiger partial charge < -0.3 is 8.98 Å². The zero-order valence-electron chi connectivity index (χ0n) is 11.0. The Labute approximate surface area is 121 Å². The largest absolute Gasteiger partial charge is 0.461 e.